The van der Waals surface area contributed by atoms with Crippen molar-refractivity contribution in [3.8, 4) is 5.75 Å². The SMILES string of the molecule is Cn1c(Nc2nc3ccc(OC(F)(F)F)cc3s2)nc2cc(C(=O)NCC(=O)N3CCNCC3)ccc21. The number of hydrogen-bond donors (Lipinski definition) is 3. The minimum absolute atomic E-state index is 0.0841. The summed E-state index contributed by atoms with van der Waals surface area (Å²) in [4.78, 5) is 35.6. The summed E-state index contributed by atoms with van der Waals surface area (Å²) in [6.07, 6.45) is -4.77. The van der Waals surface area contributed by atoms with Crippen molar-refractivity contribution in [2.24, 2.45) is 7.05 Å². The van der Waals surface area contributed by atoms with Crippen LogP contribution in [0, 0.1) is 0 Å². The number of imidazole rings is 1. The first-order valence-corrected chi connectivity index (χ1v) is 12.1. The molecule has 1 saturated heterocycles. The van der Waals surface area contributed by atoms with E-state index in [2.05, 4.69) is 30.7 Å². The lowest BCUT2D eigenvalue weighted by molar-refractivity contribution is -0.274. The molecule has 10 nitrogen and oxygen atoms in total. The Morgan fingerprint density at radius 1 is 1.11 bits per heavy atom. The smallest absolute Gasteiger partial charge is 0.406 e. The van der Waals surface area contributed by atoms with Crippen LogP contribution in [0.4, 0.5) is 24.3 Å². The number of rotatable bonds is 6. The lowest BCUT2D eigenvalue weighted by atomic mass is 10.2. The lowest BCUT2D eigenvalue weighted by Crippen LogP contribution is -2.49. The summed E-state index contributed by atoms with van der Waals surface area (Å²) in [5.74, 6) is -0.396. The van der Waals surface area contributed by atoms with Gasteiger partial charge >= 0.3 is 6.36 Å². The van der Waals surface area contributed by atoms with Gasteiger partial charge in [0.1, 0.15) is 5.75 Å². The highest BCUT2D eigenvalue weighted by molar-refractivity contribution is 7.22. The predicted octanol–water partition coefficient (Wildman–Crippen LogP) is 2.99. The fourth-order valence-electron chi connectivity index (χ4n) is 3.99. The van der Waals surface area contributed by atoms with Crippen molar-refractivity contribution < 1.29 is 27.5 Å². The minimum Gasteiger partial charge on any atom is -0.406 e. The number of nitrogens with zero attached hydrogens (tertiary/aromatic N) is 4. The molecule has 0 atom stereocenters. The van der Waals surface area contributed by atoms with Gasteiger partial charge in [0.05, 0.1) is 27.8 Å². The van der Waals surface area contributed by atoms with Crippen LogP contribution in [-0.4, -0.2) is 70.3 Å². The molecule has 0 bridgehead atoms. The zero-order valence-corrected chi connectivity index (χ0v) is 20.4. The second-order valence-corrected chi connectivity index (χ2v) is 9.36. The Morgan fingerprint density at radius 3 is 2.65 bits per heavy atom. The van der Waals surface area contributed by atoms with Crippen LogP contribution in [0.15, 0.2) is 36.4 Å². The van der Waals surface area contributed by atoms with Crippen molar-refractivity contribution in [3.05, 3.63) is 42.0 Å². The number of nitrogens with one attached hydrogen (secondary N) is 3. The normalized spacial score (nSPS) is 14.2. The molecule has 1 aliphatic heterocycles. The summed E-state index contributed by atoms with van der Waals surface area (Å²) in [6, 6.07) is 8.96. The van der Waals surface area contributed by atoms with Crippen LogP contribution in [0.5, 0.6) is 5.75 Å². The standard InChI is InChI=1S/C23H22F3N7O3S/c1-32-17-5-2-13(20(35)28-12-19(34)33-8-6-27-7-9-33)10-16(17)29-21(32)31-22-30-15-4-3-14(11-18(15)37-22)36-23(24,25)26/h2-5,10-11,27H,6-9,12H2,1H3,(H,28,35)(H,29,30,31). The van der Waals surface area contributed by atoms with Crippen molar-refractivity contribution in [2.45, 2.75) is 6.36 Å². The summed E-state index contributed by atoms with van der Waals surface area (Å²) in [6.45, 7) is 2.61. The Bertz CT molecular complexity index is 1480. The molecule has 194 valence electrons. The molecule has 0 aliphatic carbocycles. The summed E-state index contributed by atoms with van der Waals surface area (Å²) in [5, 5.41) is 9.36. The van der Waals surface area contributed by atoms with E-state index in [1.165, 1.54) is 18.2 Å². The molecule has 2 aromatic heterocycles. The van der Waals surface area contributed by atoms with Gasteiger partial charge in [-0.2, -0.15) is 0 Å². The number of piperazine rings is 1. The molecule has 0 unspecified atom stereocenters. The summed E-state index contributed by atoms with van der Waals surface area (Å²) >= 11 is 1.15. The second kappa shape index (κ2) is 9.86. The quantitative estimate of drug-likeness (QED) is 0.349. The van der Waals surface area contributed by atoms with E-state index >= 15 is 0 Å². The Hall–Kier alpha value is -3.91. The second-order valence-electron chi connectivity index (χ2n) is 8.33. The van der Waals surface area contributed by atoms with Gasteiger partial charge in [-0.3, -0.25) is 9.59 Å². The summed E-state index contributed by atoms with van der Waals surface area (Å²) < 4.78 is 43.8. The first-order valence-electron chi connectivity index (χ1n) is 11.3. The third-order valence-electron chi connectivity index (χ3n) is 5.83. The van der Waals surface area contributed by atoms with Gasteiger partial charge in [0, 0.05) is 44.9 Å². The Morgan fingerprint density at radius 2 is 1.89 bits per heavy atom. The van der Waals surface area contributed by atoms with Crippen molar-refractivity contribution in [2.75, 3.05) is 38.0 Å². The highest BCUT2D eigenvalue weighted by atomic mass is 32.1. The third kappa shape index (κ3) is 5.59. The maximum absolute atomic E-state index is 12.6. The first kappa shape index (κ1) is 24.8. The van der Waals surface area contributed by atoms with Crippen LogP contribution in [0.2, 0.25) is 0 Å². The molecular formula is C23H22F3N7O3S. The fourth-order valence-corrected chi connectivity index (χ4v) is 4.88. The van der Waals surface area contributed by atoms with Crippen molar-refractivity contribution >= 4 is 55.5 Å². The molecule has 2 aromatic carbocycles. The zero-order chi connectivity index (χ0) is 26.2. The average molecular weight is 534 g/mol. The van der Waals surface area contributed by atoms with Gasteiger partial charge in [0.25, 0.3) is 5.91 Å². The molecule has 3 N–H and O–H groups in total. The van der Waals surface area contributed by atoms with E-state index in [0.717, 1.165) is 29.9 Å². The largest absolute Gasteiger partial charge is 0.573 e. The van der Waals surface area contributed by atoms with Gasteiger partial charge in [-0.25, -0.2) is 9.97 Å². The highest BCUT2D eigenvalue weighted by Gasteiger charge is 2.31. The molecule has 1 fully saturated rings. The number of aryl methyl sites for hydroxylation is 1. The van der Waals surface area contributed by atoms with Gasteiger partial charge in [0.2, 0.25) is 11.9 Å². The molecule has 4 aromatic rings. The van der Waals surface area contributed by atoms with E-state index in [1.807, 2.05) is 0 Å². The Labute approximate surface area is 212 Å². The number of anilines is 2. The van der Waals surface area contributed by atoms with E-state index in [1.54, 1.807) is 34.7 Å². The first-order chi connectivity index (χ1) is 17.7. The number of fused-ring (bicyclic) bond motifs is 2. The number of carbonyl (C=O) groups excluding carboxylic acids is 2. The van der Waals surface area contributed by atoms with E-state index in [4.69, 9.17) is 0 Å². The number of aromatic nitrogens is 3. The molecule has 0 spiro atoms. The molecule has 0 radical (unpaired) electrons. The number of benzene rings is 2. The maximum Gasteiger partial charge on any atom is 0.573 e. The molecule has 1 aliphatic rings. The van der Waals surface area contributed by atoms with Crippen molar-refractivity contribution in [1.29, 1.82) is 0 Å². The number of ether oxygens (including phenoxy) is 1. The third-order valence-corrected chi connectivity index (χ3v) is 6.76. The highest BCUT2D eigenvalue weighted by Crippen LogP contribution is 2.33. The van der Waals surface area contributed by atoms with Crippen LogP contribution < -0.4 is 20.7 Å². The van der Waals surface area contributed by atoms with Gasteiger partial charge in [0.15, 0.2) is 5.13 Å². The molecule has 2 amide bonds. The average Bonchev–Trinajstić information content (AvgIpc) is 3.41. The van der Waals surface area contributed by atoms with Gasteiger partial charge < -0.3 is 30.2 Å². The van der Waals surface area contributed by atoms with Crippen LogP contribution in [-0.2, 0) is 11.8 Å². The molecule has 37 heavy (non-hydrogen) atoms. The molecule has 0 saturated carbocycles. The molecular weight excluding hydrogens is 511 g/mol. The van der Waals surface area contributed by atoms with E-state index in [-0.39, 0.29) is 24.1 Å². The Kier molecular flexibility index (Phi) is 6.60. The number of amides is 2. The van der Waals surface area contributed by atoms with Crippen molar-refractivity contribution in [1.82, 2.24) is 30.1 Å². The molecule has 14 heteroatoms. The van der Waals surface area contributed by atoms with Crippen LogP contribution in [0.25, 0.3) is 21.3 Å². The summed E-state index contributed by atoms with van der Waals surface area (Å²) in [5.41, 5.74) is 2.17. The summed E-state index contributed by atoms with van der Waals surface area (Å²) in [7, 11) is 1.78. The topological polar surface area (TPSA) is 113 Å². The van der Waals surface area contributed by atoms with Crippen molar-refractivity contribution in [3.63, 3.8) is 0 Å². The number of hydrogen-bond acceptors (Lipinski definition) is 8. The Balaban J connectivity index is 1.29. The molecule has 5 rings (SSSR count). The number of thiazole rings is 1. The zero-order valence-electron chi connectivity index (χ0n) is 19.6. The van der Waals surface area contributed by atoms with Crippen LogP contribution in [0.1, 0.15) is 10.4 Å². The van der Waals surface area contributed by atoms with Crippen LogP contribution in [0.3, 0.4) is 0 Å². The maximum atomic E-state index is 12.6. The van der Waals surface area contributed by atoms with Crippen LogP contribution >= 0.6 is 11.3 Å². The van der Waals surface area contributed by atoms with E-state index in [0.29, 0.717) is 45.5 Å². The number of carbonyl (C=O) groups is 2. The lowest BCUT2D eigenvalue weighted by Gasteiger charge is -2.27. The predicted molar refractivity (Wildman–Crippen MR) is 132 cm³/mol. The minimum atomic E-state index is -4.77. The van der Waals surface area contributed by atoms with E-state index in [9.17, 15) is 22.8 Å². The fraction of sp³-hybridized carbons (Fsp3) is 0.304. The van der Waals surface area contributed by atoms with Gasteiger partial charge in [-0.05, 0) is 30.3 Å². The van der Waals surface area contributed by atoms with Gasteiger partial charge in [-0.1, -0.05) is 11.3 Å². The van der Waals surface area contributed by atoms with Gasteiger partial charge in [-0.15, -0.1) is 13.2 Å². The molecule has 3 heterocycles. The number of halogens is 3. The monoisotopic (exact) mass is 533 g/mol. The number of alkyl halides is 3. The van der Waals surface area contributed by atoms with E-state index < -0.39 is 6.36 Å².